The summed E-state index contributed by atoms with van der Waals surface area (Å²) in [7, 11) is 0. The number of hydrogen-bond donors (Lipinski definition) is 2. The fourth-order valence-electron chi connectivity index (χ4n) is 3.22. The molecule has 2 aromatic rings. The Balaban J connectivity index is 1.47. The summed E-state index contributed by atoms with van der Waals surface area (Å²) < 4.78 is 10.4. The quantitative estimate of drug-likeness (QED) is 0.896. The van der Waals surface area contributed by atoms with Gasteiger partial charge in [0.15, 0.2) is 11.5 Å². The Morgan fingerprint density at radius 2 is 1.68 bits per heavy atom. The summed E-state index contributed by atoms with van der Waals surface area (Å²) in [5.74, 6) is 0.386. The van der Waals surface area contributed by atoms with Crippen LogP contribution in [0.1, 0.15) is 29.6 Å². The van der Waals surface area contributed by atoms with Crippen LogP contribution in [0.15, 0.2) is 36.4 Å². The van der Waals surface area contributed by atoms with Gasteiger partial charge in [-0.3, -0.25) is 4.79 Å². The van der Waals surface area contributed by atoms with Crippen LogP contribution in [0.3, 0.4) is 0 Å². The number of piperidine rings is 1. The first-order chi connectivity index (χ1) is 12.2. The average Bonchev–Trinajstić information content (AvgIpc) is 3.09. The lowest BCUT2D eigenvalue weighted by atomic mass is 10.1. The van der Waals surface area contributed by atoms with Crippen molar-refractivity contribution < 1.29 is 19.4 Å². The van der Waals surface area contributed by atoms with E-state index in [1.54, 1.807) is 0 Å². The van der Waals surface area contributed by atoms with E-state index in [4.69, 9.17) is 9.47 Å². The molecule has 2 aliphatic heterocycles. The molecule has 25 heavy (non-hydrogen) atoms. The molecule has 4 rings (SSSR count). The Morgan fingerprint density at radius 3 is 2.40 bits per heavy atom. The van der Waals surface area contributed by atoms with Crippen LogP contribution >= 0.6 is 0 Å². The van der Waals surface area contributed by atoms with Crippen molar-refractivity contribution in [1.29, 1.82) is 0 Å². The van der Waals surface area contributed by atoms with Crippen molar-refractivity contribution in [1.82, 2.24) is 0 Å². The summed E-state index contributed by atoms with van der Waals surface area (Å²) in [6.45, 7) is 2.26. The second-order valence-corrected chi connectivity index (χ2v) is 6.27. The highest BCUT2D eigenvalue weighted by molar-refractivity contribution is 6.06. The molecule has 6 nitrogen and oxygen atoms in total. The minimum absolute atomic E-state index is 0.0950. The van der Waals surface area contributed by atoms with E-state index in [9.17, 15) is 9.90 Å². The number of ether oxygens (including phenoxy) is 2. The molecule has 1 amide bonds. The number of rotatable bonds is 3. The number of phenolic OH excluding ortho intramolecular Hbond substituents is 1. The molecule has 0 saturated carbocycles. The highest BCUT2D eigenvalue weighted by Gasteiger charge is 2.21. The van der Waals surface area contributed by atoms with Gasteiger partial charge in [0.25, 0.3) is 5.91 Å². The van der Waals surface area contributed by atoms with Crippen molar-refractivity contribution in [3.05, 3.63) is 42.0 Å². The zero-order valence-electron chi connectivity index (χ0n) is 13.8. The zero-order valence-corrected chi connectivity index (χ0v) is 13.8. The van der Waals surface area contributed by atoms with Crippen LogP contribution in [-0.2, 0) is 0 Å². The van der Waals surface area contributed by atoms with Gasteiger partial charge < -0.3 is 24.8 Å². The van der Waals surface area contributed by atoms with Crippen LogP contribution in [-0.4, -0.2) is 30.9 Å². The molecule has 2 aliphatic rings. The predicted molar refractivity (Wildman–Crippen MR) is 94.7 cm³/mol. The van der Waals surface area contributed by atoms with Crippen LogP contribution in [0, 0.1) is 0 Å². The van der Waals surface area contributed by atoms with E-state index in [0.717, 1.165) is 13.1 Å². The van der Waals surface area contributed by atoms with Crippen LogP contribution in [0.25, 0.3) is 0 Å². The molecule has 2 heterocycles. The SMILES string of the molecule is O=C(Nc1ccc(N2CCCCC2)cc1)c1cc2c(cc1O)OCO2. The third-order valence-corrected chi connectivity index (χ3v) is 4.58. The van der Waals surface area contributed by atoms with E-state index in [-0.39, 0.29) is 24.0 Å². The molecule has 0 spiro atoms. The normalized spacial score (nSPS) is 15.9. The maximum atomic E-state index is 12.4. The number of fused-ring (bicyclic) bond motifs is 1. The molecule has 0 atom stereocenters. The molecule has 1 saturated heterocycles. The topological polar surface area (TPSA) is 71.0 Å². The maximum absolute atomic E-state index is 12.4. The standard InChI is InChI=1S/C19H20N2O4/c22-16-11-18-17(24-12-25-18)10-15(16)19(23)20-13-4-6-14(7-5-13)21-8-2-1-3-9-21/h4-7,10-11,22H,1-3,8-9,12H2,(H,20,23). The van der Waals surface area contributed by atoms with Gasteiger partial charge in [-0.1, -0.05) is 0 Å². The fraction of sp³-hybridized carbons (Fsp3) is 0.316. The van der Waals surface area contributed by atoms with E-state index in [0.29, 0.717) is 17.2 Å². The van der Waals surface area contributed by atoms with Crippen LogP contribution in [0.2, 0.25) is 0 Å². The Bertz CT molecular complexity index is 783. The second-order valence-electron chi connectivity index (χ2n) is 6.27. The van der Waals surface area contributed by atoms with Crippen molar-refractivity contribution in [2.75, 3.05) is 30.1 Å². The number of amides is 1. The Morgan fingerprint density at radius 1 is 1.00 bits per heavy atom. The Kier molecular flexibility index (Phi) is 4.09. The molecule has 2 aromatic carbocycles. The summed E-state index contributed by atoms with van der Waals surface area (Å²) in [4.78, 5) is 14.8. The molecular weight excluding hydrogens is 320 g/mol. The maximum Gasteiger partial charge on any atom is 0.259 e. The number of phenols is 1. The monoisotopic (exact) mass is 340 g/mol. The van der Waals surface area contributed by atoms with Crippen molar-refractivity contribution >= 4 is 17.3 Å². The van der Waals surface area contributed by atoms with E-state index >= 15 is 0 Å². The number of anilines is 2. The van der Waals surface area contributed by atoms with Gasteiger partial charge in [-0.15, -0.1) is 0 Å². The van der Waals surface area contributed by atoms with Crippen LogP contribution in [0.4, 0.5) is 11.4 Å². The molecule has 130 valence electrons. The van der Waals surface area contributed by atoms with E-state index in [1.807, 2.05) is 24.3 Å². The van der Waals surface area contributed by atoms with Gasteiger partial charge in [0.05, 0.1) is 5.56 Å². The predicted octanol–water partition coefficient (Wildman–Crippen LogP) is 3.36. The largest absolute Gasteiger partial charge is 0.507 e. The van der Waals surface area contributed by atoms with Gasteiger partial charge in [0.2, 0.25) is 6.79 Å². The summed E-state index contributed by atoms with van der Waals surface area (Å²) in [6, 6.07) is 10.7. The van der Waals surface area contributed by atoms with Crippen molar-refractivity contribution in [2.45, 2.75) is 19.3 Å². The third-order valence-electron chi connectivity index (χ3n) is 4.58. The zero-order chi connectivity index (χ0) is 17.2. The number of carbonyl (C=O) groups excluding carboxylic acids is 1. The molecule has 0 unspecified atom stereocenters. The van der Waals surface area contributed by atoms with Crippen LogP contribution in [0.5, 0.6) is 17.2 Å². The van der Waals surface area contributed by atoms with Gasteiger partial charge in [-0.05, 0) is 43.5 Å². The van der Waals surface area contributed by atoms with Crippen LogP contribution < -0.4 is 19.7 Å². The van der Waals surface area contributed by atoms with E-state index in [1.165, 1.54) is 37.1 Å². The van der Waals surface area contributed by atoms with Gasteiger partial charge >= 0.3 is 0 Å². The summed E-state index contributed by atoms with van der Waals surface area (Å²) in [5.41, 5.74) is 2.01. The van der Waals surface area contributed by atoms with Crippen molar-refractivity contribution in [3.63, 3.8) is 0 Å². The molecule has 0 bridgehead atoms. The van der Waals surface area contributed by atoms with Crippen molar-refractivity contribution in [2.24, 2.45) is 0 Å². The minimum atomic E-state index is -0.387. The minimum Gasteiger partial charge on any atom is -0.507 e. The smallest absolute Gasteiger partial charge is 0.259 e. The molecule has 2 N–H and O–H groups in total. The summed E-state index contributed by atoms with van der Waals surface area (Å²) >= 11 is 0. The number of hydrogen-bond acceptors (Lipinski definition) is 5. The second kappa shape index (κ2) is 6.55. The summed E-state index contributed by atoms with van der Waals surface area (Å²) in [5, 5.41) is 12.8. The molecule has 0 radical (unpaired) electrons. The first kappa shape index (κ1) is 15.6. The lowest BCUT2D eigenvalue weighted by Gasteiger charge is -2.28. The lowest BCUT2D eigenvalue weighted by molar-refractivity contribution is 0.102. The van der Waals surface area contributed by atoms with Gasteiger partial charge in [0, 0.05) is 36.6 Å². The van der Waals surface area contributed by atoms with Gasteiger partial charge in [-0.25, -0.2) is 0 Å². The van der Waals surface area contributed by atoms with E-state index < -0.39 is 0 Å². The molecule has 0 aliphatic carbocycles. The number of carbonyl (C=O) groups is 1. The average molecular weight is 340 g/mol. The van der Waals surface area contributed by atoms with Gasteiger partial charge in [0.1, 0.15) is 5.75 Å². The molecular formula is C19H20N2O4. The van der Waals surface area contributed by atoms with Gasteiger partial charge in [-0.2, -0.15) is 0 Å². The Labute approximate surface area is 146 Å². The number of nitrogens with one attached hydrogen (secondary N) is 1. The first-order valence-electron chi connectivity index (χ1n) is 8.50. The van der Waals surface area contributed by atoms with Crippen molar-refractivity contribution in [3.8, 4) is 17.2 Å². The fourth-order valence-corrected chi connectivity index (χ4v) is 3.22. The highest BCUT2D eigenvalue weighted by Crippen LogP contribution is 2.37. The number of benzene rings is 2. The highest BCUT2D eigenvalue weighted by atomic mass is 16.7. The first-order valence-corrected chi connectivity index (χ1v) is 8.50. The summed E-state index contributed by atoms with van der Waals surface area (Å²) in [6.07, 6.45) is 3.74. The molecule has 6 heteroatoms. The molecule has 0 aromatic heterocycles. The number of aromatic hydroxyl groups is 1. The third kappa shape index (κ3) is 3.20. The van der Waals surface area contributed by atoms with E-state index in [2.05, 4.69) is 10.2 Å². The number of nitrogens with zero attached hydrogens (tertiary/aromatic N) is 1. The lowest BCUT2D eigenvalue weighted by Crippen LogP contribution is -2.29. The Hall–Kier alpha value is -2.89. The molecule has 1 fully saturated rings.